The van der Waals surface area contributed by atoms with E-state index in [2.05, 4.69) is 5.32 Å². The van der Waals surface area contributed by atoms with Crippen molar-refractivity contribution in [2.45, 2.75) is 13.5 Å². The second kappa shape index (κ2) is 5.76. The highest BCUT2D eigenvalue weighted by molar-refractivity contribution is 6.30. The van der Waals surface area contributed by atoms with Crippen molar-refractivity contribution in [1.29, 1.82) is 0 Å². The Morgan fingerprint density at radius 2 is 1.89 bits per heavy atom. The molecule has 0 spiro atoms. The lowest BCUT2D eigenvalue weighted by Gasteiger charge is -2.08. The molecule has 4 heteroatoms. The first-order valence-electron chi connectivity index (χ1n) is 5.89. The number of nitrogens with one attached hydrogen (secondary N) is 1. The van der Waals surface area contributed by atoms with Crippen molar-refractivity contribution >= 4 is 17.5 Å². The molecule has 3 nitrogen and oxygen atoms in total. The van der Waals surface area contributed by atoms with Crippen molar-refractivity contribution in [2.24, 2.45) is 0 Å². The molecule has 0 fully saturated rings. The number of hydrogen-bond donors (Lipinski definition) is 2. The molecule has 2 N–H and O–H groups in total. The van der Waals surface area contributed by atoms with Gasteiger partial charge in [-0.3, -0.25) is 4.79 Å². The van der Waals surface area contributed by atoms with E-state index in [1.807, 2.05) is 12.1 Å². The quantitative estimate of drug-likeness (QED) is 0.903. The van der Waals surface area contributed by atoms with Gasteiger partial charge in [0, 0.05) is 11.6 Å². The first-order valence-corrected chi connectivity index (χ1v) is 6.27. The predicted molar refractivity (Wildman–Crippen MR) is 75.5 cm³/mol. The summed E-state index contributed by atoms with van der Waals surface area (Å²) in [6.45, 7) is 2.15. The third-order valence-corrected chi connectivity index (χ3v) is 3.10. The number of carbonyl (C=O) groups is 1. The van der Waals surface area contributed by atoms with Gasteiger partial charge in [0.15, 0.2) is 0 Å². The van der Waals surface area contributed by atoms with E-state index < -0.39 is 0 Å². The smallest absolute Gasteiger partial charge is 0.255 e. The number of phenolic OH excluding ortho intramolecular Hbond substituents is 1. The largest absolute Gasteiger partial charge is 0.507 e. The molecule has 98 valence electrons. The molecule has 0 saturated carbocycles. The van der Waals surface area contributed by atoms with Crippen LogP contribution in [0.25, 0.3) is 0 Å². The number of phenols is 1. The van der Waals surface area contributed by atoms with Crippen molar-refractivity contribution in [3.8, 4) is 5.75 Å². The molecular weight excluding hydrogens is 262 g/mol. The zero-order valence-electron chi connectivity index (χ0n) is 10.5. The Balaban J connectivity index is 2.05. The first-order chi connectivity index (χ1) is 9.08. The number of hydrogen-bond acceptors (Lipinski definition) is 2. The topological polar surface area (TPSA) is 49.3 Å². The molecule has 0 heterocycles. The number of amides is 1. The number of halogens is 1. The van der Waals surface area contributed by atoms with Gasteiger partial charge in [0.1, 0.15) is 5.75 Å². The van der Waals surface area contributed by atoms with Gasteiger partial charge in [-0.1, -0.05) is 35.9 Å². The van der Waals surface area contributed by atoms with Gasteiger partial charge in [0.05, 0.1) is 5.56 Å². The average Bonchev–Trinajstić information content (AvgIpc) is 2.41. The maximum absolute atomic E-state index is 12.0. The zero-order valence-corrected chi connectivity index (χ0v) is 11.2. The highest BCUT2D eigenvalue weighted by atomic mass is 35.5. The van der Waals surface area contributed by atoms with Crippen molar-refractivity contribution in [3.63, 3.8) is 0 Å². The molecule has 0 aromatic heterocycles. The number of aromatic hydroxyl groups is 1. The minimum absolute atomic E-state index is 0.0242. The molecule has 2 aromatic rings. The van der Waals surface area contributed by atoms with Crippen LogP contribution in [0, 0.1) is 6.92 Å². The molecule has 0 bridgehead atoms. The molecule has 19 heavy (non-hydrogen) atoms. The van der Waals surface area contributed by atoms with Gasteiger partial charge in [-0.05, 0) is 36.2 Å². The maximum Gasteiger partial charge on any atom is 0.255 e. The lowest BCUT2D eigenvalue weighted by molar-refractivity contribution is 0.0948. The van der Waals surface area contributed by atoms with Crippen LogP contribution in [0.3, 0.4) is 0 Å². The third-order valence-electron chi connectivity index (χ3n) is 2.85. The molecule has 0 atom stereocenters. The summed E-state index contributed by atoms with van der Waals surface area (Å²) in [5.74, 6) is -0.271. The van der Waals surface area contributed by atoms with E-state index >= 15 is 0 Å². The molecule has 0 saturated heterocycles. The van der Waals surface area contributed by atoms with Crippen LogP contribution in [0.5, 0.6) is 5.75 Å². The summed E-state index contributed by atoms with van der Waals surface area (Å²) < 4.78 is 0. The van der Waals surface area contributed by atoms with Gasteiger partial charge in [-0.25, -0.2) is 0 Å². The van der Waals surface area contributed by atoms with Crippen molar-refractivity contribution in [3.05, 3.63) is 64.2 Å². The van der Waals surface area contributed by atoms with Gasteiger partial charge in [0.2, 0.25) is 0 Å². The van der Waals surface area contributed by atoms with Gasteiger partial charge in [0.25, 0.3) is 5.91 Å². The zero-order chi connectivity index (χ0) is 13.8. The standard InChI is InChI=1S/C15H14ClNO2/c1-10-3-2-4-13(14(10)18)15(19)17-9-11-5-7-12(16)8-6-11/h2-8,18H,9H2,1H3,(H,17,19). The van der Waals surface area contributed by atoms with Crippen LogP contribution in [0.2, 0.25) is 5.02 Å². The Bertz CT molecular complexity index is 594. The molecule has 0 aliphatic rings. The van der Waals surface area contributed by atoms with Gasteiger partial charge >= 0.3 is 0 Å². The van der Waals surface area contributed by atoms with Crippen molar-refractivity contribution in [1.82, 2.24) is 5.32 Å². The minimum Gasteiger partial charge on any atom is -0.507 e. The molecule has 2 aromatic carbocycles. The number of para-hydroxylation sites is 1. The first kappa shape index (κ1) is 13.4. The highest BCUT2D eigenvalue weighted by Crippen LogP contribution is 2.21. The second-order valence-corrected chi connectivity index (χ2v) is 4.72. The van der Waals surface area contributed by atoms with E-state index in [1.54, 1.807) is 37.3 Å². The van der Waals surface area contributed by atoms with Crippen LogP contribution in [0.1, 0.15) is 21.5 Å². The van der Waals surface area contributed by atoms with Crippen LogP contribution < -0.4 is 5.32 Å². The molecular formula is C15H14ClNO2. The maximum atomic E-state index is 12.0. The van der Waals surface area contributed by atoms with Crippen molar-refractivity contribution < 1.29 is 9.90 Å². The molecule has 1 amide bonds. The molecule has 0 radical (unpaired) electrons. The lowest BCUT2D eigenvalue weighted by atomic mass is 10.1. The third kappa shape index (κ3) is 3.26. The lowest BCUT2D eigenvalue weighted by Crippen LogP contribution is -2.22. The molecule has 2 rings (SSSR count). The van der Waals surface area contributed by atoms with E-state index in [1.165, 1.54) is 0 Å². The predicted octanol–water partition coefficient (Wildman–Crippen LogP) is 3.28. The Labute approximate surface area is 116 Å². The van der Waals surface area contributed by atoms with Gasteiger partial charge in [-0.15, -0.1) is 0 Å². The molecule has 0 aliphatic heterocycles. The monoisotopic (exact) mass is 275 g/mol. The van der Waals surface area contributed by atoms with Crippen LogP contribution in [-0.4, -0.2) is 11.0 Å². The fraction of sp³-hybridized carbons (Fsp3) is 0.133. The Kier molecular flexibility index (Phi) is 4.07. The van der Waals surface area contributed by atoms with Gasteiger partial charge < -0.3 is 10.4 Å². The van der Waals surface area contributed by atoms with Crippen LogP contribution in [-0.2, 0) is 6.54 Å². The Hall–Kier alpha value is -2.00. The summed E-state index contributed by atoms with van der Waals surface area (Å²) in [5.41, 5.74) is 1.91. The average molecular weight is 276 g/mol. The van der Waals surface area contributed by atoms with Crippen LogP contribution in [0.4, 0.5) is 0 Å². The SMILES string of the molecule is Cc1cccc(C(=O)NCc2ccc(Cl)cc2)c1O. The summed E-state index contributed by atoms with van der Waals surface area (Å²) in [6, 6.07) is 12.3. The van der Waals surface area contributed by atoms with Crippen molar-refractivity contribution in [2.75, 3.05) is 0 Å². The summed E-state index contributed by atoms with van der Waals surface area (Å²) in [6.07, 6.45) is 0. The number of carbonyl (C=O) groups excluding carboxylic acids is 1. The number of benzene rings is 2. The summed E-state index contributed by atoms with van der Waals surface area (Å²) in [5, 5.41) is 13.2. The van der Waals surface area contributed by atoms with E-state index in [4.69, 9.17) is 11.6 Å². The van der Waals surface area contributed by atoms with Crippen LogP contribution >= 0.6 is 11.6 Å². The summed E-state index contributed by atoms with van der Waals surface area (Å²) in [7, 11) is 0. The second-order valence-electron chi connectivity index (χ2n) is 4.28. The molecule has 0 unspecified atom stereocenters. The Morgan fingerprint density at radius 3 is 2.58 bits per heavy atom. The summed E-state index contributed by atoms with van der Waals surface area (Å²) >= 11 is 5.79. The normalized spacial score (nSPS) is 10.2. The highest BCUT2D eigenvalue weighted by Gasteiger charge is 2.11. The number of rotatable bonds is 3. The number of aryl methyl sites for hydroxylation is 1. The van der Waals surface area contributed by atoms with E-state index in [9.17, 15) is 9.90 Å². The van der Waals surface area contributed by atoms with Gasteiger partial charge in [-0.2, -0.15) is 0 Å². The Morgan fingerprint density at radius 1 is 1.21 bits per heavy atom. The van der Waals surface area contributed by atoms with E-state index in [-0.39, 0.29) is 17.2 Å². The fourth-order valence-electron chi connectivity index (χ4n) is 1.72. The fourth-order valence-corrected chi connectivity index (χ4v) is 1.85. The van der Waals surface area contributed by atoms with E-state index in [0.29, 0.717) is 17.1 Å². The minimum atomic E-state index is -0.295. The van der Waals surface area contributed by atoms with E-state index in [0.717, 1.165) is 5.56 Å². The van der Waals surface area contributed by atoms with Crippen LogP contribution in [0.15, 0.2) is 42.5 Å². The molecule has 0 aliphatic carbocycles. The summed E-state index contributed by atoms with van der Waals surface area (Å²) in [4.78, 5) is 12.0.